The number of rotatable bonds is 6. The second-order valence-electron chi connectivity index (χ2n) is 8.29. The lowest BCUT2D eigenvalue weighted by atomic mass is 9.86. The summed E-state index contributed by atoms with van der Waals surface area (Å²) in [5, 5.41) is 12.6. The minimum absolute atomic E-state index is 0.0231. The minimum Gasteiger partial charge on any atom is -0.356 e. The van der Waals surface area contributed by atoms with E-state index in [9.17, 15) is 23.2 Å². The maximum absolute atomic E-state index is 13.0. The second kappa shape index (κ2) is 9.25. The lowest BCUT2D eigenvalue weighted by Gasteiger charge is -2.18. The van der Waals surface area contributed by atoms with E-state index in [1.807, 2.05) is 24.3 Å². The molecule has 3 aromatic rings. The van der Waals surface area contributed by atoms with Crippen molar-refractivity contribution in [1.29, 1.82) is 5.26 Å². The van der Waals surface area contributed by atoms with Crippen LogP contribution in [0.25, 0.3) is 11.3 Å². The predicted octanol–water partition coefficient (Wildman–Crippen LogP) is 6.00. The molecule has 0 aliphatic heterocycles. The van der Waals surface area contributed by atoms with Crippen LogP contribution in [0.3, 0.4) is 0 Å². The van der Waals surface area contributed by atoms with Crippen molar-refractivity contribution in [1.82, 2.24) is 10.6 Å². The molecular weight excluding hydrogens is 457 g/mol. The van der Waals surface area contributed by atoms with Crippen LogP contribution in [-0.4, -0.2) is 17.0 Å². The van der Waals surface area contributed by atoms with Crippen molar-refractivity contribution >= 4 is 23.1 Å². The number of alkyl halides is 3. The molecule has 0 aliphatic rings. The van der Waals surface area contributed by atoms with Crippen molar-refractivity contribution in [2.24, 2.45) is 0 Å². The fourth-order valence-corrected chi connectivity index (χ4v) is 3.17. The Labute approximate surface area is 193 Å². The van der Waals surface area contributed by atoms with Crippen LogP contribution in [-0.2, 0) is 11.6 Å². The van der Waals surface area contributed by atoms with E-state index in [-0.39, 0.29) is 16.8 Å². The fourth-order valence-electron chi connectivity index (χ4n) is 2.94. The molecule has 6 nitrogen and oxygen atoms in total. The summed E-state index contributed by atoms with van der Waals surface area (Å²) in [6.45, 7) is 6.26. The second-order valence-corrected chi connectivity index (χ2v) is 8.70. The number of nitriles is 1. The van der Waals surface area contributed by atoms with Gasteiger partial charge < -0.3 is 9.95 Å². The summed E-state index contributed by atoms with van der Waals surface area (Å²) in [7, 11) is 0. The van der Waals surface area contributed by atoms with Crippen molar-refractivity contribution < 1.29 is 22.5 Å². The molecule has 0 saturated heterocycles. The Morgan fingerprint density at radius 2 is 1.79 bits per heavy atom. The predicted molar refractivity (Wildman–Crippen MR) is 118 cm³/mol. The SMILES string of the molecule is CC(C)(C)c1ccc(-c2cc(C(=O)C(C#N)NNc3ccc(Cl)c(C(F)(F)F)c3)no2)cc1. The molecule has 33 heavy (non-hydrogen) atoms. The number of ketones is 1. The average Bonchev–Trinajstić information content (AvgIpc) is 3.24. The number of carbonyl (C=O) groups is 1. The molecule has 1 atom stereocenters. The van der Waals surface area contributed by atoms with Gasteiger partial charge in [0.15, 0.2) is 17.5 Å². The van der Waals surface area contributed by atoms with Crippen molar-refractivity contribution in [3.8, 4) is 17.4 Å². The maximum atomic E-state index is 13.0. The van der Waals surface area contributed by atoms with Crippen LogP contribution in [0.1, 0.15) is 42.4 Å². The zero-order valence-corrected chi connectivity index (χ0v) is 18.7. The summed E-state index contributed by atoms with van der Waals surface area (Å²) < 4.78 is 44.3. The van der Waals surface area contributed by atoms with Gasteiger partial charge >= 0.3 is 6.18 Å². The van der Waals surface area contributed by atoms with Crippen molar-refractivity contribution in [2.45, 2.75) is 38.4 Å². The number of hydrogen-bond donors (Lipinski definition) is 2. The first-order valence-electron chi connectivity index (χ1n) is 9.80. The van der Waals surface area contributed by atoms with E-state index in [2.05, 4.69) is 36.8 Å². The van der Waals surface area contributed by atoms with Gasteiger partial charge in [-0.2, -0.15) is 18.4 Å². The average molecular weight is 477 g/mol. The van der Waals surface area contributed by atoms with E-state index in [1.54, 1.807) is 6.07 Å². The Hall–Kier alpha value is -3.35. The zero-order chi connectivity index (χ0) is 24.4. The van der Waals surface area contributed by atoms with Crippen LogP contribution in [0.15, 0.2) is 53.1 Å². The molecule has 10 heteroatoms. The molecule has 1 heterocycles. The van der Waals surface area contributed by atoms with Crippen LogP contribution in [0.2, 0.25) is 5.02 Å². The van der Waals surface area contributed by atoms with Gasteiger partial charge in [-0.05, 0) is 29.2 Å². The molecule has 0 radical (unpaired) electrons. The number of aromatic nitrogens is 1. The summed E-state index contributed by atoms with van der Waals surface area (Å²) in [6, 6.07) is 12.4. The van der Waals surface area contributed by atoms with Gasteiger partial charge in [-0.3, -0.25) is 4.79 Å². The number of hydrogen-bond acceptors (Lipinski definition) is 6. The van der Waals surface area contributed by atoms with Gasteiger partial charge in [-0.1, -0.05) is 61.8 Å². The van der Waals surface area contributed by atoms with E-state index < -0.39 is 28.6 Å². The molecule has 0 bridgehead atoms. The zero-order valence-electron chi connectivity index (χ0n) is 17.9. The monoisotopic (exact) mass is 476 g/mol. The number of anilines is 1. The highest BCUT2D eigenvalue weighted by molar-refractivity contribution is 6.31. The number of benzene rings is 2. The van der Waals surface area contributed by atoms with E-state index in [1.165, 1.54) is 12.1 Å². The lowest BCUT2D eigenvalue weighted by Crippen LogP contribution is -2.39. The summed E-state index contributed by atoms with van der Waals surface area (Å²) in [5.74, 6) is -0.368. The first kappa shape index (κ1) is 24.3. The standard InChI is InChI=1S/C23H20ClF3N4O2/c1-22(2,3)14-6-4-13(5-7-14)20-11-18(31-33-20)21(32)19(12-28)30-29-15-8-9-17(24)16(10-15)23(25,26)27/h4-11,19,29-30H,1-3H3. The molecule has 3 rings (SSSR count). The Morgan fingerprint density at radius 1 is 1.12 bits per heavy atom. The van der Waals surface area contributed by atoms with E-state index in [4.69, 9.17) is 16.1 Å². The van der Waals surface area contributed by atoms with Gasteiger partial charge in [-0.15, -0.1) is 0 Å². The Bertz CT molecular complexity index is 1190. The van der Waals surface area contributed by atoms with Crippen LogP contribution in [0.5, 0.6) is 0 Å². The molecule has 2 N–H and O–H groups in total. The largest absolute Gasteiger partial charge is 0.417 e. The summed E-state index contributed by atoms with van der Waals surface area (Å²) in [6.07, 6.45) is -4.65. The quantitative estimate of drug-likeness (QED) is 0.335. The summed E-state index contributed by atoms with van der Waals surface area (Å²) in [5.41, 5.74) is 5.47. The van der Waals surface area contributed by atoms with Gasteiger partial charge in [0.1, 0.15) is 0 Å². The van der Waals surface area contributed by atoms with E-state index in [0.29, 0.717) is 11.3 Å². The molecule has 0 fully saturated rings. The first-order valence-corrected chi connectivity index (χ1v) is 10.2. The van der Waals surface area contributed by atoms with Crippen molar-refractivity contribution in [3.63, 3.8) is 0 Å². The molecule has 1 unspecified atom stereocenters. The molecule has 0 amide bonds. The van der Waals surface area contributed by atoms with Gasteiger partial charge in [0.05, 0.1) is 16.7 Å². The summed E-state index contributed by atoms with van der Waals surface area (Å²) >= 11 is 5.59. The lowest BCUT2D eigenvalue weighted by molar-refractivity contribution is -0.137. The number of hydrazine groups is 1. The molecule has 0 spiro atoms. The van der Waals surface area contributed by atoms with Gasteiger partial charge in [0.2, 0.25) is 5.78 Å². The summed E-state index contributed by atoms with van der Waals surface area (Å²) in [4.78, 5) is 12.7. The third-order valence-corrected chi connectivity index (χ3v) is 5.15. The minimum atomic E-state index is -4.65. The highest BCUT2D eigenvalue weighted by Gasteiger charge is 2.33. The van der Waals surface area contributed by atoms with Crippen LogP contribution < -0.4 is 10.9 Å². The molecule has 0 saturated carbocycles. The highest BCUT2D eigenvalue weighted by atomic mass is 35.5. The molecular formula is C23H20ClF3N4O2. The number of Topliss-reactive ketones (excluding diaryl/α,β-unsaturated/α-hetero) is 1. The van der Waals surface area contributed by atoms with Gasteiger partial charge in [0.25, 0.3) is 0 Å². The first-order chi connectivity index (χ1) is 15.4. The molecule has 1 aromatic heterocycles. The number of halogens is 4. The normalized spacial score (nSPS) is 12.8. The number of carbonyl (C=O) groups excluding carboxylic acids is 1. The van der Waals surface area contributed by atoms with Gasteiger partial charge in [0, 0.05) is 17.3 Å². The Morgan fingerprint density at radius 3 is 2.36 bits per heavy atom. The molecule has 0 aliphatic carbocycles. The molecule has 2 aromatic carbocycles. The van der Waals surface area contributed by atoms with Crippen LogP contribution in [0.4, 0.5) is 18.9 Å². The van der Waals surface area contributed by atoms with E-state index in [0.717, 1.165) is 17.7 Å². The third kappa shape index (κ3) is 5.72. The van der Waals surface area contributed by atoms with Crippen molar-refractivity contribution in [3.05, 3.63) is 70.4 Å². The maximum Gasteiger partial charge on any atom is 0.417 e. The smallest absolute Gasteiger partial charge is 0.356 e. The van der Waals surface area contributed by atoms with Crippen LogP contribution in [0, 0.1) is 11.3 Å². The van der Waals surface area contributed by atoms with E-state index >= 15 is 0 Å². The topological polar surface area (TPSA) is 91.0 Å². The Kier molecular flexibility index (Phi) is 6.81. The number of nitrogens with zero attached hydrogens (tertiary/aromatic N) is 2. The third-order valence-electron chi connectivity index (χ3n) is 4.82. The van der Waals surface area contributed by atoms with Crippen molar-refractivity contribution in [2.75, 3.05) is 5.43 Å². The highest BCUT2D eigenvalue weighted by Crippen LogP contribution is 2.36. The van der Waals surface area contributed by atoms with Crippen LogP contribution >= 0.6 is 11.6 Å². The fraction of sp³-hybridized carbons (Fsp3) is 0.261. The Balaban J connectivity index is 1.72. The number of nitrogens with one attached hydrogen (secondary N) is 2. The molecule has 172 valence electrons. The van der Waals surface area contributed by atoms with Gasteiger partial charge in [-0.25, -0.2) is 5.43 Å².